The monoisotopic (exact) mass is 467 g/mol. The second-order valence-electron chi connectivity index (χ2n) is 8.82. The minimum absolute atomic E-state index is 0.0285. The summed E-state index contributed by atoms with van der Waals surface area (Å²) in [4.78, 5) is 14.9. The average Bonchev–Trinajstić information content (AvgIpc) is 3.61. The average molecular weight is 468 g/mol. The van der Waals surface area contributed by atoms with Gasteiger partial charge >= 0.3 is 0 Å². The fourth-order valence-corrected chi connectivity index (χ4v) is 4.32. The Kier molecular flexibility index (Phi) is 7.07. The zero-order valence-corrected chi connectivity index (χ0v) is 19.9. The molecule has 8 heteroatoms. The lowest BCUT2D eigenvalue weighted by Gasteiger charge is -2.22. The van der Waals surface area contributed by atoms with E-state index in [1.165, 1.54) is 13.0 Å². The molecule has 1 saturated carbocycles. The lowest BCUT2D eigenvalue weighted by atomic mass is 10.0. The number of nitrogens with zero attached hydrogens (tertiary/aromatic N) is 4. The highest BCUT2D eigenvalue weighted by Crippen LogP contribution is 2.41. The third-order valence-electron chi connectivity index (χ3n) is 6.22. The Morgan fingerprint density at radius 2 is 1.85 bits per heavy atom. The Bertz CT molecular complexity index is 1190. The van der Waals surface area contributed by atoms with E-state index in [9.17, 15) is 13.6 Å². The first-order valence-corrected chi connectivity index (χ1v) is 11.9. The number of aromatic nitrogens is 3. The first kappa shape index (κ1) is 24.0. The molecule has 2 N–H and O–H groups in total. The number of fused-ring (bicyclic) bond motifs is 3. The number of amides is 1. The topological polar surface area (TPSA) is 77.0 Å². The van der Waals surface area contributed by atoms with Gasteiger partial charge in [-0.3, -0.25) is 9.36 Å². The fourth-order valence-electron chi connectivity index (χ4n) is 4.32. The van der Waals surface area contributed by atoms with Crippen molar-refractivity contribution in [1.82, 2.24) is 19.7 Å². The van der Waals surface area contributed by atoms with Crippen LogP contribution in [0, 0.1) is 18.6 Å². The molecule has 0 bridgehead atoms. The van der Waals surface area contributed by atoms with Gasteiger partial charge < -0.3 is 10.6 Å². The molecular weight excluding hydrogens is 436 g/mol. The molecule has 1 aromatic heterocycles. The Balaban J connectivity index is 0.00000133. The number of aryl methyl sites for hydroxylation is 1. The van der Waals surface area contributed by atoms with Gasteiger partial charge in [0.05, 0.1) is 12.2 Å². The molecule has 1 aliphatic carbocycles. The van der Waals surface area contributed by atoms with Crippen molar-refractivity contribution >= 4 is 5.91 Å². The molecule has 2 heterocycles. The van der Waals surface area contributed by atoms with Crippen LogP contribution in [0.4, 0.5) is 8.78 Å². The van der Waals surface area contributed by atoms with Gasteiger partial charge in [0.15, 0.2) is 5.82 Å². The molecule has 0 saturated heterocycles. The molecule has 0 radical (unpaired) electrons. The molecule has 1 amide bonds. The Labute approximate surface area is 198 Å². The van der Waals surface area contributed by atoms with Crippen LogP contribution in [-0.4, -0.2) is 31.6 Å². The van der Waals surface area contributed by atoms with E-state index < -0.39 is 17.7 Å². The molecular formula is C26H31F2N5O. The maximum atomic E-state index is 14.2. The second kappa shape index (κ2) is 10.0. The maximum Gasteiger partial charge on any atom is 0.224 e. The van der Waals surface area contributed by atoms with Crippen molar-refractivity contribution < 1.29 is 13.6 Å². The van der Waals surface area contributed by atoms with E-state index in [-0.39, 0.29) is 29.9 Å². The number of rotatable bonds is 5. The smallest absolute Gasteiger partial charge is 0.224 e. The quantitative estimate of drug-likeness (QED) is 0.597. The molecule has 34 heavy (non-hydrogen) atoms. The van der Waals surface area contributed by atoms with Gasteiger partial charge in [0.1, 0.15) is 17.5 Å². The zero-order valence-electron chi connectivity index (χ0n) is 19.9. The summed E-state index contributed by atoms with van der Waals surface area (Å²) in [5.41, 5.74) is 8.63. The fraction of sp³-hybridized carbons (Fsp3) is 0.423. The number of hydrogen-bond donors (Lipinski definition) is 1. The Morgan fingerprint density at radius 3 is 2.59 bits per heavy atom. The molecule has 1 atom stereocenters. The van der Waals surface area contributed by atoms with Crippen molar-refractivity contribution in [3.05, 3.63) is 76.4 Å². The summed E-state index contributed by atoms with van der Waals surface area (Å²) in [7, 11) is 0. The molecule has 2 aliphatic rings. The van der Waals surface area contributed by atoms with Crippen LogP contribution in [0.1, 0.15) is 67.4 Å². The van der Waals surface area contributed by atoms with E-state index >= 15 is 0 Å². The zero-order chi connectivity index (χ0) is 24.4. The number of nitrogens with two attached hydrogens (primary N) is 1. The van der Waals surface area contributed by atoms with Crippen molar-refractivity contribution in [2.75, 3.05) is 0 Å². The van der Waals surface area contributed by atoms with Gasteiger partial charge in [0.2, 0.25) is 5.91 Å². The molecule has 0 spiro atoms. The Hall–Kier alpha value is -3.13. The first-order valence-electron chi connectivity index (χ1n) is 11.9. The summed E-state index contributed by atoms with van der Waals surface area (Å²) in [5, 5.41) is 8.79. The van der Waals surface area contributed by atoms with Crippen molar-refractivity contribution in [3.8, 4) is 5.69 Å². The Morgan fingerprint density at radius 1 is 1.12 bits per heavy atom. The number of hydrogen-bond acceptors (Lipinski definition) is 4. The summed E-state index contributed by atoms with van der Waals surface area (Å²) >= 11 is 0. The summed E-state index contributed by atoms with van der Waals surface area (Å²) in [6.07, 6.45) is 2.32. The molecule has 1 fully saturated rings. The number of carbonyl (C=O) groups excluding carboxylic acids is 1. The SMILES string of the molecule is CC.Cc1cc(F)c(CC(N)CC(=O)N2Cc3ccccc3-n3c(nnc3C3CC3)C2)cc1F. The van der Waals surface area contributed by atoms with Crippen LogP contribution in [0.25, 0.3) is 5.69 Å². The third-order valence-corrected chi connectivity index (χ3v) is 6.22. The van der Waals surface area contributed by atoms with Crippen LogP contribution in [0.2, 0.25) is 0 Å². The van der Waals surface area contributed by atoms with E-state index in [1.807, 2.05) is 38.1 Å². The lowest BCUT2D eigenvalue weighted by molar-refractivity contribution is -0.132. The summed E-state index contributed by atoms with van der Waals surface area (Å²) < 4.78 is 30.1. The van der Waals surface area contributed by atoms with Gasteiger partial charge in [0.25, 0.3) is 0 Å². The molecule has 5 rings (SSSR count). The first-order chi connectivity index (χ1) is 16.4. The molecule has 1 unspecified atom stereocenters. The van der Waals surface area contributed by atoms with Crippen molar-refractivity contribution in [2.24, 2.45) is 5.73 Å². The standard InChI is InChI=1S/C24H25F2N5O.C2H6/c1-14-8-20(26)17(10-19(14)25)9-18(27)11-23(32)30-12-16-4-2-3-5-21(16)31-22(13-30)28-29-24(31)15-6-7-15;1-2/h2-5,8,10,15,18H,6-7,9,11-13,27H2,1H3;1-2H3. The molecule has 2 aromatic carbocycles. The highest BCUT2D eigenvalue weighted by molar-refractivity contribution is 5.77. The van der Waals surface area contributed by atoms with E-state index in [0.29, 0.717) is 19.0 Å². The van der Waals surface area contributed by atoms with E-state index in [2.05, 4.69) is 14.8 Å². The van der Waals surface area contributed by atoms with Crippen LogP contribution < -0.4 is 5.73 Å². The highest BCUT2D eigenvalue weighted by atomic mass is 19.1. The molecule has 6 nitrogen and oxygen atoms in total. The minimum atomic E-state index is -0.627. The van der Waals surface area contributed by atoms with Gasteiger partial charge in [0, 0.05) is 24.9 Å². The van der Waals surface area contributed by atoms with Gasteiger partial charge in [-0.05, 0) is 61.1 Å². The van der Waals surface area contributed by atoms with Crippen molar-refractivity contribution in [2.45, 2.75) is 71.5 Å². The van der Waals surface area contributed by atoms with Gasteiger partial charge in [-0.1, -0.05) is 32.0 Å². The lowest BCUT2D eigenvalue weighted by Crippen LogP contribution is -2.36. The van der Waals surface area contributed by atoms with Crippen LogP contribution in [0.15, 0.2) is 36.4 Å². The van der Waals surface area contributed by atoms with Crippen LogP contribution in [-0.2, 0) is 24.3 Å². The number of halogens is 2. The molecule has 3 aromatic rings. The van der Waals surface area contributed by atoms with Crippen molar-refractivity contribution in [3.63, 3.8) is 0 Å². The van der Waals surface area contributed by atoms with Crippen LogP contribution in [0.5, 0.6) is 0 Å². The van der Waals surface area contributed by atoms with E-state index in [0.717, 1.165) is 41.8 Å². The van der Waals surface area contributed by atoms with Gasteiger partial charge in [-0.25, -0.2) is 8.78 Å². The maximum absolute atomic E-state index is 14.2. The summed E-state index contributed by atoms with van der Waals surface area (Å²) in [6.45, 7) is 6.27. The van der Waals surface area contributed by atoms with Crippen LogP contribution in [0.3, 0.4) is 0 Å². The highest BCUT2D eigenvalue weighted by Gasteiger charge is 2.34. The summed E-state index contributed by atoms with van der Waals surface area (Å²) in [5.74, 6) is 0.973. The van der Waals surface area contributed by atoms with Crippen LogP contribution >= 0.6 is 0 Å². The molecule has 180 valence electrons. The van der Waals surface area contributed by atoms with E-state index in [4.69, 9.17) is 5.73 Å². The summed E-state index contributed by atoms with van der Waals surface area (Å²) in [6, 6.07) is 9.66. The second-order valence-corrected chi connectivity index (χ2v) is 8.82. The minimum Gasteiger partial charge on any atom is -0.331 e. The largest absolute Gasteiger partial charge is 0.331 e. The normalized spacial score (nSPS) is 15.5. The van der Waals surface area contributed by atoms with Gasteiger partial charge in [-0.2, -0.15) is 0 Å². The number of benzene rings is 2. The van der Waals surface area contributed by atoms with Crippen molar-refractivity contribution in [1.29, 1.82) is 0 Å². The molecule has 1 aliphatic heterocycles. The number of para-hydroxylation sites is 1. The number of carbonyl (C=O) groups is 1. The predicted molar refractivity (Wildman–Crippen MR) is 126 cm³/mol. The van der Waals surface area contributed by atoms with E-state index in [1.54, 1.807) is 4.90 Å². The predicted octanol–water partition coefficient (Wildman–Crippen LogP) is 4.56. The van der Waals surface area contributed by atoms with Gasteiger partial charge in [-0.15, -0.1) is 10.2 Å². The third kappa shape index (κ3) is 4.87.